The summed E-state index contributed by atoms with van der Waals surface area (Å²) in [6.45, 7) is 10.2. The Bertz CT molecular complexity index is 566. The summed E-state index contributed by atoms with van der Waals surface area (Å²) in [5.74, 6) is 0.471. The van der Waals surface area contributed by atoms with Crippen LogP contribution in [0.25, 0.3) is 0 Å². The fourth-order valence-electron chi connectivity index (χ4n) is 3.78. The van der Waals surface area contributed by atoms with E-state index in [1.165, 1.54) is 25.9 Å². The van der Waals surface area contributed by atoms with Crippen LogP contribution in [0.4, 0.5) is 0 Å². The van der Waals surface area contributed by atoms with Gasteiger partial charge in [0, 0.05) is 39.3 Å². The highest BCUT2D eigenvalue weighted by molar-refractivity contribution is 5.92. The van der Waals surface area contributed by atoms with Crippen LogP contribution in [0, 0.1) is 0 Å². The number of piperazine rings is 1. The van der Waals surface area contributed by atoms with Gasteiger partial charge in [-0.3, -0.25) is 14.4 Å². The van der Waals surface area contributed by atoms with E-state index in [0.717, 1.165) is 31.9 Å². The van der Waals surface area contributed by atoms with Gasteiger partial charge in [0.25, 0.3) is 5.91 Å². The third-order valence-corrected chi connectivity index (χ3v) is 5.52. The number of hydrogen-bond donors (Lipinski definition) is 0. The normalized spacial score (nSPS) is 21.6. The van der Waals surface area contributed by atoms with E-state index in [-0.39, 0.29) is 5.91 Å². The third-order valence-electron chi connectivity index (χ3n) is 5.52. The van der Waals surface area contributed by atoms with Crippen LogP contribution in [0.15, 0.2) is 6.07 Å². The Morgan fingerprint density at radius 2 is 1.71 bits per heavy atom. The number of rotatable bonds is 3. The molecule has 2 aliphatic heterocycles. The lowest BCUT2D eigenvalue weighted by Gasteiger charge is -2.42. The van der Waals surface area contributed by atoms with Crippen molar-refractivity contribution < 1.29 is 4.79 Å². The lowest BCUT2D eigenvalue weighted by Crippen LogP contribution is -2.54. The molecule has 1 aromatic rings. The van der Waals surface area contributed by atoms with Gasteiger partial charge in [-0.2, -0.15) is 5.10 Å². The first kappa shape index (κ1) is 17.4. The Hall–Kier alpha value is -1.40. The first-order valence-corrected chi connectivity index (χ1v) is 9.21. The molecule has 3 rings (SSSR count). The number of carbonyl (C=O) groups excluding carboxylic acids is 1. The Kier molecular flexibility index (Phi) is 5.25. The Balaban J connectivity index is 1.57. The van der Waals surface area contributed by atoms with Crippen LogP contribution >= 0.6 is 0 Å². The molecule has 2 aliphatic rings. The van der Waals surface area contributed by atoms with Gasteiger partial charge in [0.05, 0.1) is 5.69 Å². The van der Waals surface area contributed by atoms with Crippen LogP contribution in [0.3, 0.4) is 0 Å². The monoisotopic (exact) mass is 333 g/mol. The standard InChI is InChI=1S/C18H31N5O/c1-14(2)16-13-17(21(4)19-16)18(24)23-11-9-22(10-12-23)15-5-7-20(3)8-6-15/h13-15H,5-12H2,1-4H3. The van der Waals surface area contributed by atoms with Crippen LogP contribution < -0.4 is 0 Å². The third kappa shape index (κ3) is 3.64. The molecule has 0 bridgehead atoms. The molecular weight excluding hydrogens is 302 g/mol. The molecule has 0 radical (unpaired) electrons. The summed E-state index contributed by atoms with van der Waals surface area (Å²) >= 11 is 0. The van der Waals surface area contributed by atoms with Crippen molar-refractivity contribution in [3.8, 4) is 0 Å². The van der Waals surface area contributed by atoms with Crippen LogP contribution in [0.5, 0.6) is 0 Å². The molecule has 0 saturated carbocycles. The largest absolute Gasteiger partial charge is 0.335 e. The van der Waals surface area contributed by atoms with Crippen molar-refractivity contribution in [2.45, 2.75) is 38.6 Å². The van der Waals surface area contributed by atoms with Crippen molar-refractivity contribution in [2.24, 2.45) is 7.05 Å². The molecule has 2 saturated heterocycles. The summed E-state index contributed by atoms with van der Waals surface area (Å²) in [7, 11) is 4.07. The Labute approximate surface area is 145 Å². The van der Waals surface area contributed by atoms with Crippen molar-refractivity contribution in [2.75, 3.05) is 46.3 Å². The SMILES string of the molecule is CC(C)c1cc(C(=O)N2CCN(C3CCN(C)CC3)CC2)n(C)n1. The maximum atomic E-state index is 12.8. The number of nitrogens with zero attached hydrogens (tertiary/aromatic N) is 5. The van der Waals surface area contributed by atoms with Crippen molar-refractivity contribution in [1.29, 1.82) is 0 Å². The van der Waals surface area contributed by atoms with E-state index < -0.39 is 0 Å². The minimum Gasteiger partial charge on any atom is -0.335 e. The van der Waals surface area contributed by atoms with Gasteiger partial charge < -0.3 is 9.80 Å². The number of aryl methyl sites for hydroxylation is 1. The highest BCUT2D eigenvalue weighted by atomic mass is 16.2. The Morgan fingerprint density at radius 3 is 2.25 bits per heavy atom. The number of likely N-dealkylation sites (tertiary alicyclic amines) is 1. The number of aromatic nitrogens is 2. The number of hydrogen-bond acceptors (Lipinski definition) is 4. The van der Waals surface area contributed by atoms with E-state index in [2.05, 4.69) is 35.8 Å². The van der Waals surface area contributed by atoms with E-state index in [1.54, 1.807) is 4.68 Å². The molecule has 24 heavy (non-hydrogen) atoms. The summed E-state index contributed by atoms with van der Waals surface area (Å²) in [5.41, 5.74) is 1.71. The molecule has 0 aromatic carbocycles. The second-order valence-corrected chi connectivity index (χ2v) is 7.60. The molecule has 2 fully saturated rings. The lowest BCUT2D eigenvalue weighted by atomic mass is 10.0. The van der Waals surface area contributed by atoms with E-state index in [9.17, 15) is 4.79 Å². The average Bonchev–Trinajstić information content (AvgIpc) is 2.97. The molecule has 6 nitrogen and oxygen atoms in total. The average molecular weight is 333 g/mol. The van der Waals surface area contributed by atoms with Gasteiger partial charge in [-0.15, -0.1) is 0 Å². The predicted octanol–water partition coefficient (Wildman–Crippen LogP) is 1.40. The van der Waals surface area contributed by atoms with Crippen LogP contribution in [-0.4, -0.2) is 82.7 Å². The molecule has 0 N–H and O–H groups in total. The minimum absolute atomic E-state index is 0.125. The van der Waals surface area contributed by atoms with E-state index >= 15 is 0 Å². The summed E-state index contributed by atoms with van der Waals surface area (Å²) in [5, 5.41) is 4.48. The van der Waals surface area contributed by atoms with Gasteiger partial charge in [-0.1, -0.05) is 13.8 Å². The van der Waals surface area contributed by atoms with Crippen molar-refractivity contribution in [1.82, 2.24) is 24.5 Å². The van der Waals surface area contributed by atoms with Gasteiger partial charge >= 0.3 is 0 Å². The Morgan fingerprint density at radius 1 is 1.08 bits per heavy atom. The summed E-state index contributed by atoms with van der Waals surface area (Å²) in [6, 6.07) is 2.65. The smallest absolute Gasteiger partial charge is 0.272 e. The number of piperidine rings is 1. The topological polar surface area (TPSA) is 44.6 Å². The summed E-state index contributed by atoms with van der Waals surface area (Å²) in [6.07, 6.45) is 2.51. The maximum Gasteiger partial charge on any atom is 0.272 e. The molecule has 1 aromatic heterocycles. The lowest BCUT2D eigenvalue weighted by molar-refractivity contribution is 0.0467. The second kappa shape index (κ2) is 7.23. The highest BCUT2D eigenvalue weighted by Crippen LogP contribution is 2.19. The van der Waals surface area contributed by atoms with Crippen molar-refractivity contribution >= 4 is 5.91 Å². The number of carbonyl (C=O) groups is 1. The van der Waals surface area contributed by atoms with Gasteiger partial charge in [-0.05, 0) is 45.0 Å². The fourth-order valence-corrected chi connectivity index (χ4v) is 3.78. The van der Waals surface area contributed by atoms with Gasteiger partial charge in [0.2, 0.25) is 0 Å². The van der Waals surface area contributed by atoms with Crippen LogP contribution in [-0.2, 0) is 7.05 Å². The molecule has 0 atom stereocenters. The first-order valence-electron chi connectivity index (χ1n) is 9.21. The van der Waals surface area contributed by atoms with E-state index in [0.29, 0.717) is 17.7 Å². The summed E-state index contributed by atoms with van der Waals surface area (Å²) in [4.78, 5) is 19.8. The predicted molar refractivity (Wildman–Crippen MR) is 95.3 cm³/mol. The van der Waals surface area contributed by atoms with Gasteiger partial charge in [0.15, 0.2) is 0 Å². The van der Waals surface area contributed by atoms with Crippen molar-refractivity contribution in [3.63, 3.8) is 0 Å². The highest BCUT2D eigenvalue weighted by Gasteiger charge is 2.29. The summed E-state index contributed by atoms with van der Waals surface area (Å²) < 4.78 is 1.74. The molecule has 0 spiro atoms. The zero-order valence-electron chi connectivity index (χ0n) is 15.5. The molecule has 134 valence electrons. The molecule has 0 aliphatic carbocycles. The zero-order valence-corrected chi connectivity index (χ0v) is 15.5. The maximum absolute atomic E-state index is 12.8. The van der Waals surface area contributed by atoms with Gasteiger partial charge in [0.1, 0.15) is 5.69 Å². The van der Waals surface area contributed by atoms with E-state index in [1.807, 2.05) is 18.0 Å². The van der Waals surface area contributed by atoms with Gasteiger partial charge in [-0.25, -0.2) is 0 Å². The van der Waals surface area contributed by atoms with E-state index in [4.69, 9.17) is 0 Å². The zero-order chi connectivity index (χ0) is 17.3. The van der Waals surface area contributed by atoms with Crippen LogP contribution in [0.2, 0.25) is 0 Å². The first-order chi connectivity index (χ1) is 11.5. The second-order valence-electron chi connectivity index (χ2n) is 7.60. The quantitative estimate of drug-likeness (QED) is 0.839. The van der Waals surface area contributed by atoms with Crippen molar-refractivity contribution in [3.05, 3.63) is 17.5 Å². The fraction of sp³-hybridized carbons (Fsp3) is 0.778. The minimum atomic E-state index is 0.125. The van der Waals surface area contributed by atoms with Crippen LogP contribution in [0.1, 0.15) is 48.8 Å². The molecule has 3 heterocycles. The molecule has 1 amide bonds. The molecular formula is C18H31N5O. The molecule has 0 unspecified atom stereocenters. The molecule has 6 heteroatoms. The number of amides is 1.